The Kier molecular flexibility index (Phi) is 4.09. The lowest BCUT2D eigenvalue weighted by molar-refractivity contribution is -0.136. The van der Waals surface area contributed by atoms with Crippen molar-refractivity contribution in [3.8, 4) is 11.5 Å². The van der Waals surface area contributed by atoms with E-state index in [2.05, 4.69) is 0 Å². The molecule has 0 aliphatic carbocycles. The summed E-state index contributed by atoms with van der Waals surface area (Å²) in [5.41, 5.74) is 0.726. The standard InChI is InChI=1S/C12H14O5/c1-7-5-8(17-2)6-10(14)12(7)9(13)3-4-11(15)16/h5-6,14H,3-4H2,1-2H3,(H,15,16). The quantitative estimate of drug-likeness (QED) is 0.763. The van der Waals surface area contributed by atoms with Crippen molar-refractivity contribution in [2.24, 2.45) is 0 Å². The highest BCUT2D eigenvalue weighted by atomic mass is 16.5. The maximum absolute atomic E-state index is 11.7. The molecule has 0 atom stereocenters. The lowest BCUT2D eigenvalue weighted by Crippen LogP contribution is -2.06. The Hall–Kier alpha value is -2.04. The molecule has 0 amide bonds. The lowest BCUT2D eigenvalue weighted by Gasteiger charge is -2.09. The number of hydrogen-bond donors (Lipinski definition) is 2. The predicted molar refractivity (Wildman–Crippen MR) is 60.6 cm³/mol. The molecule has 0 heterocycles. The van der Waals surface area contributed by atoms with Crippen LogP contribution in [0.3, 0.4) is 0 Å². The number of Topliss-reactive ketones (excluding diaryl/α,β-unsaturated/α-hetero) is 1. The molecule has 0 aromatic heterocycles. The van der Waals surface area contributed by atoms with E-state index in [0.717, 1.165) is 0 Å². The van der Waals surface area contributed by atoms with Crippen LogP contribution in [-0.2, 0) is 4.79 Å². The maximum Gasteiger partial charge on any atom is 0.303 e. The number of phenols is 1. The van der Waals surface area contributed by atoms with Crippen LogP contribution in [0.5, 0.6) is 11.5 Å². The number of carbonyl (C=O) groups is 2. The number of carboxylic acid groups (broad SMARTS) is 1. The van der Waals surface area contributed by atoms with E-state index in [-0.39, 0.29) is 29.9 Å². The SMILES string of the molecule is COc1cc(C)c(C(=O)CCC(=O)O)c(O)c1. The number of carboxylic acids is 1. The van der Waals surface area contributed by atoms with Gasteiger partial charge in [-0.05, 0) is 18.6 Å². The fraction of sp³-hybridized carbons (Fsp3) is 0.333. The largest absolute Gasteiger partial charge is 0.507 e. The number of aliphatic carboxylic acids is 1. The van der Waals surface area contributed by atoms with Crippen molar-refractivity contribution >= 4 is 11.8 Å². The first kappa shape index (κ1) is 13.0. The molecule has 0 bridgehead atoms. The van der Waals surface area contributed by atoms with Gasteiger partial charge in [0, 0.05) is 12.5 Å². The Morgan fingerprint density at radius 2 is 1.94 bits per heavy atom. The summed E-state index contributed by atoms with van der Waals surface area (Å²) in [6.07, 6.45) is -0.375. The zero-order valence-electron chi connectivity index (χ0n) is 9.69. The lowest BCUT2D eigenvalue weighted by atomic mass is 10.00. The summed E-state index contributed by atoms with van der Waals surface area (Å²) in [4.78, 5) is 22.1. The summed E-state index contributed by atoms with van der Waals surface area (Å²) in [5, 5.41) is 18.2. The van der Waals surface area contributed by atoms with Crippen molar-refractivity contribution in [3.05, 3.63) is 23.3 Å². The second-order valence-corrected chi connectivity index (χ2v) is 3.66. The number of methoxy groups -OCH3 is 1. The van der Waals surface area contributed by atoms with Crippen molar-refractivity contribution in [3.63, 3.8) is 0 Å². The number of phenolic OH excluding ortho intramolecular Hbond substituents is 1. The molecule has 0 spiro atoms. The molecule has 1 aromatic rings. The first-order valence-electron chi connectivity index (χ1n) is 5.08. The zero-order chi connectivity index (χ0) is 13.0. The first-order chi connectivity index (χ1) is 7.95. The summed E-state index contributed by atoms with van der Waals surface area (Å²) in [7, 11) is 1.46. The fourth-order valence-corrected chi connectivity index (χ4v) is 1.56. The monoisotopic (exact) mass is 238 g/mol. The third-order valence-electron chi connectivity index (χ3n) is 2.37. The molecule has 17 heavy (non-hydrogen) atoms. The van der Waals surface area contributed by atoms with Gasteiger partial charge in [-0.3, -0.25) is 9.59 Å². The number of aryl methyl sites for hydroxylation is 1. The summed E-state index contributed by atoms with van der Waals surface area (Å²) in [6, 6.07) is 2.95. The van der Waals surface area contributed by atoms with E-state index in [0.29, 0.717) is 11.3 Å². The van der Waals surface area contributed by atoms with Crippen molar-refractivity contribution in [2.45, 2.75) is 19.8 Å². The van der Waals surface area contributed by atoms with E-state index in [1.54, 1.807) is 13.0 Å². The van der Waals surface area contributed by atoms with E-state index in [1.165, 1.54) is 13.2 Å². The van der Waals surface area contributed by atoms with Crippen molar-refractivity contribution < 1.29 is 24.5 Å². The number of hydrogen-bond acceptors (Lipinski definition) is 4. The maximum atomic E-state index is 11.7. The van der Waals surface area contributed by atoms with Crippen LogP contribution < -0.4 is 4.74 Å². The molecule has 0 saturated heterocycles. The van der Waals surface area contributed by atoms with Gasteiger partial charge < -0.3 is 14.9 Å². The molecule has 92 valence electrons. The average Bonchev–Trinajstić information content (AvgIpc) is 2.25. The highest BCUT2D eigenvalue weighted by Crippen LogP contribution is 2.28. The Balaban J connectivity index is 2.97. The molecule has 1 rings (SSSR count). The molecule has 0 saturated carbocycles. The van der Waals surface area contributed by atoms with Crippen LogP contribution in [0, 0.1) is 6.92 Å². The Labute approximate surface area is 98.6 Å². The third-order valence-corrected chi connectivity index (χ3v) is 2.37. The van der Waals surface area contributed by atoms with Gasteiger partial charge in [0.1, 0.15) is 11.5 Å². The third kappa shape index (κ3) is 3.21. The van der Waals surface area contributed by atoms with Crippen LogP contribution in [0.25, 0.3) is 0 Å². The van der Waals surface area contributed by atoms with Gasteiger partial charge in [0.05, 0.1) is 19.1 Å². The summed E-state index contributed by atoms with van der Waals surface area (Å²) >= 11 is 0. The Morgan fingerprint density at radius 1 is 1.29 bits per heavy atom. The van der Waals surface area contributed by atoms with Crippen molar-refractivity contribution in [2.75, 3.05) is 7.11 Å². The van der Waals surface area contributed by atoms with Gasteiger partial charge in [-0.15, -0.1) is 0 Å². The van der Waals surface area contributed by atoms with Crippen LogP contribution in [-0.4, -0.2) is 29.1 Å². The minimum atomic E-state index is -1.04. The second-order valence-electron chi connectivity index (χ2n) is 3.66. The Morgan fingerprint density at radius 3 is 2.41 bits per heavy atom. The molecule has 0 unspecified atom stereocenters. The molecule has 0 radical (unpaired) electrons. The number of ketones is 1. The number of rotatable bonds is 5. The van der Waals surface area contributed by atoms with Gasteiger partial charge in [0.2, 0.25) is 0 Å². The summed E-state index contributed by atoms with van der Waals surface area (Å²) in [5.74, 6) is -1.15. The van der Waals surface area contributed by atoms with Gasteiger partial charge in [0.25, 0.3) is 0 Å². The highest BCUT2D eigenvalue weighted by molar-refractivity contribution is 6.01. The number of aromatic hydroxyl groups is 1. The predicted octanol–water partition coefficient (Wildman–Crippen LogP) is 1.76. The topological polar surface area (TPSA) is 83.8 Å². The van der Waals surface area contributed by atoms with E-state index < -0.39 is 5.97 Å². The minimum Gasteiger partial charge on any atom is -0.507 e. The molecule has 5 heteroatoms. The van der Waals surface area contributed by atoms with Crippen molar-refractivity contribution in [1.82, 2.24) is 0 Å². The molecule has 5 nitrogen and oxygen atoms in total. The molecule has 0 fully saturated rings. The van der Waals surface area contributed by atoms with Gasteiger partial charge in [0.15, 0.2) is 5.78 Å². The van der Waals surface area contributed by atoms with E-state index in [1.807, 2.05) is 0 Å². The molecule has 2 N–H and O–H groups in total. The van der Waals surface area contributed by atoms with E-state index in [4.69, 9.17) is 9.84 Å². The van der Waals surface area contributed by atoms with Gasteiger partial charge >= 0.3 is 5.97 Å². The molecular weight excluding hydrogens is 224 g/mol. The summed E-state index contributed by atoms with van der Waals surface area (Å²) < 4.78 is 4.94. The minimum absolute atomic E-state index is 0.129. The molecule has 0 aliphatic heterocycles. The first-order valence-corrected chi connectivity index (χ1v) is 5.08. The molecule has 0 aliphatic rings. The number of carbonyl (C=O) groups excluding carboxylic acids is 1. The van der Waals surface area contributed by atoms with Crippen LogP contribution >= 0.6 is 0 Å². The highest BCUT2D eigenvalue weighted by Gasteiger charge is 2.16. The van der Waals surface area contributed by atoms with Crippen LogP contribution in [0.4, 0.5) is 0 Å². The van der Waals surface area contributed by atoms with Gasteiger partial charge in [-0.25, -0.2) is 0 Å². The molecule has 1 aromatic carbocycles. The Bertz CT molecular complexity index is 427. The zero-order valence-corrected chi connectivity index (χ0v) is 9.69. The fourth-order valence-electron chi connectivity index (χ4n) is 1.56. The van der Waals surface area contributed by atoms with Gasteiger partial charge in [-0.1, -0.05) is 0 Å². The number of benzene rings is 1. The van der Waals surface area contributed by atoms with Crippen LogP contribution in [0.1, 0.15) is 28.8 Å². The van der Waals surface area contributed by atoms with Crippen LogP contribution in [0.2, 0.25) is 0 Å². The smallest absolute Gasteiger partial charge is 0.303 e. The van der Waals surface area contributed by atoms with E-state index >= 15 is 0 Å². The number of ether oxygens (including phenoxy) is 1. The van der Waals surface area contributed by atoms with Gasteiger partial charge in [-0.2, -0.15) is 0 Å². The molecular formula is C12H14O5. The van der Waals surface area contributed by atoms with Crippen LogP contribution in [0.15, 0.2) is 12.1 Å². The second kappa shape index (κ2) is 5.34. The van der Waals surface area contributed by atoms with E-state index in [9.17, 15) is 14.7 Å². The average molecular weight is 238 g/mol. The normalized spacial score (nSPS) is 10.0. The summed E-state index contributed by atoms with van der Waals surface area (Å²) in [6.45, 7) is 1.66. The van der Waals surface area contributed by atoms with Crippen molar-refractivity contribution in [1.29, 1.82) is 0 Å².